The van der Waals surface area contributed by atoms with Crippen molar-refractivity contribution in [2.75, 3.05) is 28.4 Å². The van der Waals surface area contributed by atoms with Crippen LogP contribution in [0.4, 0.5) is 40.8 Å². The highest BCUT2D eigenvalue weighted by molar-refractivity contribution is 7.98. The molecule has 0 aliphatic heterocycles. The Morgan fingerprint density at radius 1 is 1.12 bits per heavy atom. The molecule has 0 saturated carbocycles. The molecule has 3 rings (SSSR count). The maximum Gasteiger partial charge on any atom is 0.417 e. The quantitative estimate of drug-likeness (QED) is 0.327. The number of amides is 2. The van der Waals surface area contributed by atoms with Gasteiger partial charge in [0.25, 0.3) is 0 Å². The molecule has 12 heteroatoms. The second-order valence-electron chi connectivity index (χ2n) is 6.34. The van der Waals surface area contributed by atoms with Gasteiger partial charge in [-0.3, -0.25) is 0 Å². The molecule has 0 spiro atoms. The van der Waals surface area contributed by atoms with Gasteiger partial charge >= 0.3 is 12.2 Å². The van der Waals surface area contributed by atoms with Crippen LogP contribution in [0.1, 0.15) is 5.56 Å². The SMILES string of the molecule is CSc1cc(Oc2ccnc(N)c2N)ccc1NC(=O)Nc1ccc(Cl)c(C(F)(F)F)c1. The van der Waals surface area contributed by atoms with Crippen molar-refractivity contribution in [3.05, 3.63) is 59.2 Å². The highest BCUT2D eigenvalue weighted by Crippen LogP contribution is 2.37. The van der Waals surface area contributed by atoms with Crippen molar-refractivity contribution in [2.45, 2.75) is 11.1 Å². The molecule has 2 amide bonds. The molecule has 0 bridgehead atoms. The lowest BCUT2D eigenvalue weighted by Gasteiger charge is -2.15. The Bertz CT molecular complexity index is 1160. The molecule has 6 N–H and O–H groups in total. The predicted molar refractivity (Wildman–Crippen MR) is 120 cm³/mol. The van der Waals surface area contributed by atoms with E-state index in [1.165, 1.54) is 24.0 Å². The van der Waals surface area contributed by atoms with Gasteiger partial charge in [-0.1, -0.05) is 11.6 Å². The average molecular weight is 484 g/mol. The minimum Gasteiger partial charge on any atom is -0.455 e. The second kappa shape index (κ2) is 9.45. The van der Waals surface area contributed by atoms with E-state index in [4.69, 9.17) is 27.8 Å². The lowest BCUT2D eigenvalue weighted by atomic mass is 10.2. The van der Waals surface area contributed by atoms with Crippen molar-refractivity contribution >= 4 is 52.3 Å². The molecule has 0 aliphatic carbocycles. The van der Waals surface area contributed by atoms with Crippen LogP contribution in [0.2, 0.25) is 5.02 Å². The third-order valence-electron chi connectivity index (χ3n) is 4.16. The number of nitrogens with one attached hydrogen (secondary N) is 2. The van der Waals surface area contributed by atoms with E-state index in [1.54, 1.807) is 30.5 Å². The molecule has 2 aromatic carbocycles. The van der Waals surface area contributed by atoms with Crippen molar-refractivity contribution in [3.8, 4) is 11.5 Å². The summed E-state index contributed by atoms with van der Waals surface area (Å²) in [7, 11) is 0. The highest BCUT2D eigenvalue weighted by atomic mass is 35.5. The molecule has 7 nitrogen and oxygen atoms in total. The van der Waals surface area contributed by atoms with Gasteiger partial charge in [0.2, 0.25) is 0 Å². The van der Waals surface area contributed by atoms with Crippen molar-refractivity contribution < 1.29 is 22.7 Å². The number of carbonyl (C=O) groups is 1. The van der Waals surface area contributed by atoms with Crippen molar-refractivity contribution in [1.82, 2.24) is 4.98 Å². The number of rotatable bonds is 5. The summed E-state index contributed by atoms with van der Waals surface area (Å²) in [4.78, 5) is 16.8. The minimum absolute atomic E-state index is 0.0596. The number of nitrogen functional groups attached to an aromatic ring is 2. The molecule has 0 fully saturated rings. The summed E-state index contributed by atoms with van der Waals surface area (Å²) in [5.41, 5.74) is 11.0. The molecule has 0 atom stereocenters. The topological polar surface area (TPSA) is 115 Å². The summed E-state index contributed by atoms with van der Waals surface area (Å²) in [5, 5.41) is 4.50. The molecule has 1 heterocycles. The van der Waals surface area contributed by atoms with E-state index in [9.17, 15) is 18.0 Å². The van der Waals surface area contributed by atoms with Gasteiger partial charge < -0.3 is 26.8 Å². The van der Waals surface area contributed by atoms with Crippen molar-refractivity contribution in [2.24, 2.45) is 0 Å². The molecule has 1 aromatic heterocycles. The predicted octanol–water partition coefficient (Wildman–Crippen LogP) is 6.08. The molecule has 0 saturated heterocycles. The summed E-state index contributed by atoms with van der Waals surface area (Å²) in [6.45, 7) is 0. The monoisotopic (exact) mass is 483 g/mol. The number of hydrogen-bond donors (Lipinski definition) is 4. The van der Waals surface area contributed by atoms with Gasteiger partial charge in [-0.25, -0.2) is 9.78 Å². The fourth-order valence-electron chi connectivity index (χ4n) is 2.63. The number of carbonyl (C=O) groups excluding carboxylic acids is 1. The summed E-state index contributed by atoms with van der Waals surface area (Å²) in [5.74, 6) is 0.898. The van der Waals surface area contributed by atoms with Gasteiger partial charge in [0.1, 0.15) is 17.3 Å². The number of halogens is 4. The number of anilines is 4. The Balaban J connectivity index is 1.75. The highest BCUT2D eigenvalue weighted by Gasteiger charge is 2.33. The minimum atomic E-state index is -4.64. The molecule has 0 unspecified atom stereocenters. The van der Waals surface area contributed by atoms with Crippen molar-refractivity contribution in [3.63, 3.8) is 0 Å². The van der Waals surface area contributed by atoms with Crippen molar-refractivity contribution in [1.29, 1.82) is 0 Å². The maximum atomic E-state index is 13.0. The van der Waals surface area contributed by atoms with E-state index in [-0.39, 0.29) is 17.2 Å². The summed E-state index contributed by atoms with van der Waals surface area (Å²) in [6, 6.07) is 8.78. The van der Waals surface area contributed by atoms with Crippen LogP contribution in [0.25, 0.3) is 0 Å². The third-order valence-corrected chi connectivity index (χ3v) is 5.27. The Morgan fingerprint density at radius 3 is 2.56 bits per heavy atom. The van der Waals surface area contributed by atoms with Gasteiger partial charge in [0.15, 0.2) is 5.75 Å². The first-order chi connectivity index (χ1) is 15.1. The van der Waals surface area contributed by atoms with Gasteiger partial charge in [-0.2, -0.15) is 13.2 Å². The third kappa shape index (κ3) is 5.48. The van der Waals surface area contributed by atoms with Gasteiger partial charge in [-0.05, 0) is 42.7 Å². The standard InChI is InChI=1S/C20H17ClF3N5O2S/c1-32-16-9-11(31-15-6-7-27-18(26)17(15)25)3-5-14(16)29-19(30)28-10-2-4-13(21)12(8-10)20(22,23)24/h2-9H,25H2,1H3,(H2,26,27)(H2,28,29,30). The van der Waals surface area contributed by atoms with Crippen LogP contribution in [-0.4, -0.2) is 17.3 Å². The lowest BCUT2D eigenvalue weighted by molar-refractivity contribution is -0.137. The number of pyridine rings is 1. The largest absolute Gasteiger partial charge is 0.455 e. The van der Waals surface area contributed by atoms with Crippen LogP contribution >= 0.6 is 23.4 Å². The first-order valence-corrected chi connectivity index (χ1v) is 10.5. The number of benzene rings is 2. The first kappa shape index (κ1) is 23.4. The number of ether oxygens (including phenoxy) is 1. The molecule has 32 heavy (non-hydrogen) atoms. The number of alkyl halides is 3. The van der Waals surface area contributed by atoms with Gasteiger partial charge in [0, 0.05) is 22.8 Å². The van der Waals surface area contributed by atoms with E-state index in [0.717, 1.165) is 12.1 Å². The smallest absolute Gasteiger partial charge is 0.417 e. The Hall–Kier alpha value is -3.31. The Labute approximate surface area is 190 Å². The van der Waals surface area contributed by atoms with E-state index in [1.807, 2.05) is 0 Å². The molecule has 3 aromatic rings. The zero-order valence-corrected chi connectivity index (χ0v) is 18.0. The van der Waals surface area contributed by atoms with Gasteiger partial charge in [0.05, 0.1) is 16.3 Å². The van der Waals surface area contributed by atoms with E-state index in [2.05, 4.69) is 15.6 Å². The molecular formula is C20H17ClF3N5O2S. The fourth-order valence-corrected chi connectivity index (χ4v) is 3.43. The summed E-state index contributed by atoms with van der Waals surface area (Å²) < 4.78 is 44.8. The lowest BCUT2D eigenvalue weighted by Crippen LogP contribution is -2.20. The van der Waals surface area contributed by atoms with E-state index in [0.29, 0.717) is 22.1 Å². The fraction of sp³-hybridized carbons (Fsp3) is 0.100. The first-order valence-electron chi connectivity index (χ1n) is 8.89. The number of urea groups is 1. The summed E-state index contributed by atoms with van der Waals surface area (Å²) >= 11 is 6.92. The van der Waals surface area contributed by atoms with Crippen LogP contribution in [0.15, 0.2) is 53.6 Å². The van der Waals surface area contributed by atoms with Crippen LogP contribution in [0, 0.1) is 0 Å². The van der Waals surface area contributed by atoms with Crippen LogP contribution in [-0.2, 0) is 6.18 Å². The number of nitrogens with zero attached hydrogens (tertiary/aromatic N) is 1. The molecular weight excluding hydrogens is 467 g/mol. The summed E-state index contributed by atoms with van der Waals surface area (Å²) in [6.07, 6.45) is -1.40. The molecule has 168 valence electrons. The Morgan fingerprint density at radius 2 is 1.88 bits per heavy atom. The second-order valence-corrected chi connectivity index (χ2v) is 7.60. The average Bonchev–Trinajstić information content (AvgIpc) is 2.73. The number of aromatic nitrogens is 1. The van der Waals surface area contributed by atoms with Crippen LogP contribution < -0.4 is 26.8 Å². The number of nitrogens with two attached hydrogens (primary N) is 2. The Kier molecular flexibility index (Phi) is 6.90. The number of hydrogen-bond acceptors (Lipinski definition) is 6. The van der Waals surface area contributed by atoms with Crippen LogP contribution in [0.5, 0.6) is 11.5 Å². The molecule has 0 aliphatic rings. The zero-order valence-electron chi connectivity index (χ0n) is 16.5. The zero-order chi connectivity index (χ0) is 23.5. The number of thioether (sulfide) groups is 1. The van der Waals surface area contributed by atoms with E-state index >= 15 is 0 Å². The van der Waals surface area contributed by atoms with Gasteiger partial charge in [-0.15, -0.1) is 11.8 Å². The molecule has 0 radical (unpaired) electrons. The van der Waals surface area contributed by atoms with E-state index < -0.39 is 22.8 Å². The van der Waals surface area contributed by atoms with Crippen LogP contribution in [0.3, 0.4) is 0 Å². The normalized spacial score (nSPS) is 11.2. The maximum absolute atomic E-state index is 13.0.